The molecule has 4 nitrogen and oxygen atoms in total. The summed E-state index contributed by atoms with van der Waals surface area (Å²) in [5.74, 6) is 0.787. The number of aromatic nitrogens is 1. The van der Waals surface area contributed by atoms with E-state index in [1.165, 1.54) is 11.3 Å². The van der Waals surface area contributed by atoms with Gasteiger partial charge in [-0.1, -0.05) is 29.9 Å². The van der Waals surface area contributed by atoms with Crippen LogP contribution in [0, 0.1) is 6.92 Å². The number of hydrogen-bond donors (Lipinski definition) is 0. The van der Waals surface area contributed by atoms with Crippen molar-refractivity contribution in [3.8, 4) is 0 Å². The Balaban J connectivity index is 2.01. The highest BCUT2D eigenvalue weighted by Crippen LogP contribution is 2.34. The Labute approximate surface area is 143 Å². The molecule has 1 aromatic carbocycles. The number of benzene rings is 1. The van der Waals surface area contributed by atoms with E-state index < -0.39 is 0 Å². The Morgan fingerprint density at radius 3 is 2.91 bits per heavy atom. The van der Waals surface area contributed by atoms with Crippen LogP contribution in [0.1, 0.15) is 31.1 Å². The summed E-state index contributed by atoms with van der Waals surface area (Å²) < 4.78 is 6.42. The highest BCUT2D eigenvalue weighted by Gasteiger charge is 2.21. The maximum atomic E-state index is 12.5. The van der Waals surface area contributed by atoms with Gasteiger partial charge in [0.15, 0.2) is 5.13 Å². The van der Waals surface area contributed by atoms with E-state index in [1.54, 1.807) is 11.2 Å². The van der Waals surface area contributed by atoms with Gasteiger partial charge in [0, 0.05) is 11.4 Å². The number of hydrogen-bond acceptors (Lipinski definition) is 4. The molecule has 0 fully saturated rings. The van der Waals surface area contributed by atoms with Crippen LogP contribution in [0.25, 0.3) is 10.2 Å². The van der Waals surface area contributed by atoms with Crippen molar-refractivity contribution in [3.63, 3.8) is 0 Å². The Morgan fingerprint density at radius 2 is 2.22 bits per heavy atom. The third kappa shape index (κ3) is 3.26. The van der Waals surface area contributed by atoms with Crippen LogP contribution in [0.5, 0.6) is 0 Å². The highest BCUT2D eigenvalue weighted by atomic mass is 35.5. The largest absolute Gasteiger partial charge is 0.467 e. The second-order valence-electron chi connectivity index (χ2n) is 5.32. The lowest BCUT2D eigenvalue weighted by Crippen LogP contribution is -2.29. The van der Waals surface area contributed by atoms with Gasteiger partial charge in [-0.3, -0.25) is 9.69 Å². The third-order valence-corrected chi connectivity index (χ3v) is 5.08. The predicted molar refractivity (Wildman–Crippen MR) is 94.2 cm³/mol. The topological polar surface area (TPSA) is 46.3 Å². The Morgan fingerprint density at radius 1 is 1.39 bits per heavy atom. The van der Waals surface area contributed by atoms with Crippen molar-refractivity contribution in [2.45, 2.75) is 33.2 Å². The fourth-order valence-corrected chi connectivity index (χ4v) is 3.57. The minimum Gasteiger partial charge on any atom is -0.467 e. The predicted octanol–water partition coefficient (Wildman–Crippen LogP) is 5.18. The third-order valence-electron chi connectivity index (χ3n) is 3.63. The second-order valence-corrected chi connectivity index (χ2v) is 6.74. The lowest BCUT2D eigenvalue weighted by atomic mass is 10.2. The summed E-state index contributed by atoms with van der Waals surface area (Å²) in [6.07, 6.45) is 2.89. The van der Waals surface area contributed by atoms with Gasteiger partial charge in [0.05, 0.1) is 23.0 Å². The summed E-state index contributed by atoms with van der Waals surface area (Å²) in [5.41, 5.74) is 1.79. The van der Waals surface area contributed by atoms with Gasteiger partial charge < -0.3 is 4.42 Å². The fourth-order valence-electron chi connectivity index (χ4n) is 2.37. The molecule has 0 aliphatic heterocycles. The first kappa shape index (κ1) is 16.0. The number of rotatable bonds is 5. The summed E-state index contributed by atoms with van der Waals surface area (Å²) in [4.78, 5) is 18.9. The number of carbonyl (C=O) groups excluding carboxylic acids is 1. The summed E-state index contributed by atoms with van der Waals surface area (Å²) in [6, 6.07) is 7.49. The number of nitrogens with zero attached hydrogens (tertiary/aromatic N) is 2. The van der Waals surface area contributed by atoms with Crippen LogP contribution in [0.2, 0.25) is 5.02 Å². The minimum atomic E-state index is 0.0479. The Bertz CT molecular complexity index is 827. The van der Waals surface area contributed by atoms with Crippen molar-refractivity contribution >= 4 is 44.2 Å². The van der Waals surface area contributed by atoms with E-state index in [2.05, 4.69) is 4.98 Å². The van der Waals surface area contributed by atoms with Crippen LogP contribution >= 0.6 is 22.9 Å². The van der Waals surface area contributed by atoms with E-state index >= 15 is 0 Å². The van der Waals surface area contributed by atoms with Crippen LogP contribution in [-0.4, -0.2) is 10.9 Å². The molecule has 0 N–H and O–H groups in total. The van der Waals surface area contributed by atoms with E-state index in [0.29, 0.717) is 23.1 Å². The highest BCUT2D eigenvalue weighted by molar-refractivity contribution is 7.22. The molecular weight excluding hydrogens is 332 g/mol. The van der Waals surface area contributed by atoms with Gasteiger partial charge in [-0.2, -0.15) is 0 Å². The maximum absolute atomic E-state index is 12.5. The average Bonchev–Trinajstić information content (AvgIpc) is 3.18. The molecule has 0 radical (unpaired) electrons. The second kappa shape index (κ2) is 6.72. The number of aryl methyl sites for hydroxylation is 1. The molecule has 0 atom stereocenters. The number of carbonyl (C=O) groups is 1. The zero-order chi connectivity index (χ0) is 16.4. The van der Waals surface area contributed by atoms with Crippen LogP contribution in [0.4, 0.5) is 5.13 Å². The molecule has 0 spiro atoms. The number of halogens is 1. The molecule has 0 unspecified atom stereocenters. The van der Waals surface area contributed by atoms with Gasteiger partial charge in [-0.05, 0) is 43.2 Å². The number of anilines is 1. The maximum Gasteiger partial charge on any atom is 0.229 e. The molecule has 120 valence electrons. The SMILES string of the molecule is CCCC(=O)N(Cc1ccco1)c1nc2c(C)c(Cl)ccc2s1. The molecule has 0 aliphatic carbocycles. The van der Waals surface area contributed by atoms with Crippen LogP contribution in [-0.2, 0) is 11.3 Å². The Hall–Kier alpha value is -1.85. The molecule has 3 aromatic rings. The van der Waals surface area contributed by atoms with Crippen LogP contribution in [0.15, 0.2) is 34.9 Å². The average molecular weight is 349 g/mol. The standard InChI is InChI=1S/C17H17ClN2O2S/c1-3-5-15(21)20(10-12-6-4-9-22-12)17-19-16-11(2)13(18)7-8-14(16)23-17/h4,6-9H,3,5,10H2,1-2H3. The monoisotopic (exact) mass is 348 g/mol. The summed E-state index contributed by atoms with van der Waals surface area (Å²) >= 11 is 7.67. The van der Waals surface area contributed by atoms with Crippen LogP contribution in [0.3, 0.4) is 0 Å². The van der Waals surface area contributed by atoms with Gasteiger partial charge in [0.2, 0.25) is 5.91 Å². The lowest BCUT2D eigenvalue weighted by molar-refractivity contribution is -0.118. The molecule has 0 saturated carbocycles. The molecular formula is C17H17ClN2O2S. The normalized spacial score (nSPS) is 11.1. The van der Waals surface area contributed by atoms with Gasteiger partial charge in [0.1, 0.15) is 5.76 Å². The quantitative estimate of drug-likeness (QED) is 0.637. The summed E-state index contributed by atoms with van der Waals surface area (Å²) in [5, 5.41) is 1.37. The molecule has 0 bridgehead atoms. The van der Waals surface area contributed by atoms with E-state index in [9.17, 15) is 4.79 Å². The minimum absolute atomic E-state index is 0.0479. The molecule has 2 aromatic heterocycles. The van der Waals surface area contributed by atoms with Gasteiger partial charge in [-0.25, -0.2) is 4.98 Å². The van der Waals surface area contributed by atoms with Crippen molar-refractivity contribution < 1.29 is 9.21 Å². The molecule has 23 heavy (non-hydrogen) atoms. The van der Waals surface area contributed by atoms with Crippen molar-refractivity contribution in [3.05, 3.63) is 46.9 Å². The molecule has 0 aliphatic rings. The van der Waals surface area contributed by atoms with Gasteiger partial charge in [-0.15, -0.1) is 0 Å². The van der Waals surface area contributed by atoms with E-state index in [-0.39, 0.29) is 5.91 Å². The number of thiazole rings is 1. The molecule has 1 amide bonds. The van der Waals surface area contributed by atoms with Gasteiger partial charge >= 0.3 is 0 Å². The number of fused-ring (bicyclic) bond motifs is 1. The molecule has 3 rings (SSSR count). The molecule has 0 saturated heterocycles. The van der Waals surface area contributed by atoms with Crippen molar-refractivity contribution in [2.75, 3.05) is 4.90 Å². The Kier molecular flexibility index (Phi) is 4.68. The van der Waals surface area contributed by atoms with Gasteiger partial charge in [0.25, 0.3) is 0 Å². The molecule has 6 heteroatoms. The first-order valence-corrected chi connectivity index (χ1v) is 8.68. The zero-order valence-electron chi connectivity index (χ0n) is 13.0. The van der Waals surface area contributed by atoms with Crippen molar-refractivity contribution in [2.24, 2.45) is 0 Å². The lowest BCUT2D eigenvalue weighted by Gasteiger charge is -2.18. The van der Waals surface area contributed by atoms with Crippen molar-refractivity contribution in [1.82, 2.24) is 4.98 Å². The summed E-state index contributed by atoms with van der Waals surface area (Å²) in [6.45, 7) is 4.32. The smallest absolute Gasteiger partial charge is 0.229 e. The fraction of sp³-hybridized carbons (Fsp3) is 0.294. The summed E-state index contributed by atoms with van der Waals surface area (Å²) in [7, 11) is 0. The first-order chi connectivity index (χ1) is 11.1. The molecule has 2 heterocycles. The van der Waals surface area contributed by atoms with E-state index in [1.807, 2.05) is 38.1 Å². The van der Waals surface area contributed by atoms with Crippen molar-refractivity contribution in [1.29, 1.82) is 0 Å². The number of amides is 1. The zero-order valence-corrected chi connectivity index (χ0v) is 14.6. The van der Waals surface area contributed by atoms with E-state index in [4.69, 9.17) is 16.0 Å². The first-order valence-electron chi connectivity index (χ1n) is 7.48. The van der Waals surface area contributed by atoms with Crippen LogP contribution < -0.4 is 4.90 Å². The van der Waals surface area contributed by atoms with E-state index in [0.717, 1.165) is 28.0 Å². The number of furan rings is 1.